The van der Waals surface area contributed by atoms with Crippen LogP contribution in [0.1, 0.15) is 54.9 Å². The molecule has 1 aromatic carbocycles. The van der Waals surface area contributed by atoms with E-state index in [0.29, 0.717) is 22.4 Å². The molecule has 0 spiro atoms. The van der Waals surface area contributed by atoms with Crippen LogP contribution in [0.25, 0.3) is 6.08 Å². The number of nitrogens with zero attached hydrogens (tertiary/aromatic N) is 1. The van der Waals surface area contributed by atoms with Crippen LogP contribution in [-0.4, -0.2) is 43.0 Å². The van der Waals surface area contributed by atoms with E-state index < -0.39 is 11.9 Å². The zero-order valence-corrected chi connectivity index (χ0v) is 16.5. The molecule has 0 bridgehead atoms. The summed E-state index contributed by atoms with van der Waals surface area (Å²) in [6, 6.07) is 6.82. The summed E-state index contributed by atoms with van der Waals surface area (Å²) in [7, 11) is 2.64. The van der Waals surface area contributed by atoms with Gasteiger partial charge in [0.1, 0.15) is 0 Å². The summed E-state index contributed by atoms with van der Waals surface area (Å²) in [6.07, 6.45) is 6.92. The van der Waals surface area contributed by atoms with Crippen LogP contribution in [0.2, 0.25) is 0 Å². The van der Waals surface area contributed by atoms with E-state index in [9.17, 15) is 14.4 Å². The molecule has 0 N–H and O–H groups in total. The summed E-state index contributed by atoms with van der Waals surface area (Å²) in [5, 5.41) is 0. The highest BCUT2D eigenvalue weighted by molar-refractivity contribution is 6.16. The van der Waals surface area contributed by atoms with Gasteiger partial charge in [0.05, 0.1) is 30.9 Å². The summed E-state index contributed by atoms with van der Waals surface area (Å²) < 4.78 is 9.65. The van der Waals surface area contributed by atoms with Crippen molar-refractivity contribution in [3.05, 3.63) is 52.2 Å². The van der Waals surface area contributed by atoms with Crippen LogP contribution in [0.5, 0.6) is 0 Å². The summed E-state index contributed by atoms with van der Waals surface area (Å²) >= 11 is 0. The molecule has 148 valence electrons. The fraction of sp³-hybridized carbons (Fsp3) is 0.409. The minimum Gasteiger partial charge on any atom is -0.465 e. The summed E-state index contributed by atoms with van der Waals surface area (Å²) in [5.41, 5.74) is 2.44. The summed E-state index contributed by atoms with van der Waals surface area (Å²) in [4.78, 5) is 39.0. The van der Waals surface area contributed by atoms with Crippen molar-refractivity contribution in [1.82, 2.24) is 4.90 Å². The second-order valence-electron chi connectivity index (χ2n) is 7.09. The Morgan fingerprint density at radius 3 is 2.18 bits per heavy atom. The van der Waals surface area contributed by atoms with Crippen LogP contribution in [0.3, 0.4) is 0 Å². The van der Waals surface area contributed by atoms with E-state index in [1.807, 2.05) is 0 Å². The lowest BCUT2D eigenvalue weighted by Gasteiger charge is -2.32. The van der Waals surface area contributed by atoms with Gasteiger partial charge in [0, 0.05) is 11.7 Å². The van der Waals surface area contributed by atoms with Gasteiger partial charge in [0.2, 0.25) is 0 Å². The Bertz CT molecular complexity index is 844. The molecule has 1 heterocycles. The number of benzene rings is 1. The number of ether oxygens (including phenoxy) is 2. The van der Waals surface area contributed by atoms with Crippen LogP contribution in [0, 0.1) is 0 Å². The van der Waals surface area contributed by atoms with E-state index in [0.717, 1.165) is 31.2 Å². The van der Waals surface area contributed by atoms with E-state index in [1.165, 1.54) is 20.6 Å². The smallest absolute Gasteiger partial charge is 0.340 e. The lowest BCUT2D eigenvalue weighted by Crippen LogP contribution is -2.37. The van der Waals surface area contributed by atoms with Gasteiger partial charge < -0.3 is 14.4 Å². The van der Waals surface area contributed by atoms with E-state index >= 15 is 0 Å². The number of hydrogen-bond acceptors (Lipinski definition) is 5. The van der Waals surface area contributed by atoms with E-state index in [2.05, 4.69) is 0 Å². The van der Waals surface area contributed by atoms with Gasteiger partial charge in [-0.3, -0.25) is 4.79 Å². The minimum atomic E-state index is -0.512. The monoisotopic (exact) mass is 383 g/mol. The third-order valence-corrected chi connectivity index (χ3v) is 5.41. The van der Waals surface area contributed by atoms with Gasteiger partial charge in [0.25, 0.3) is 5.91 Å². The van der Waals surface area contributed by atoms with Gasteiger partial charge in [-0.15, -0.1) is 0 Å². The maximum Gasteiger partial charge on any atom is 0.340 e. The summed E-state index contributed by atoms with van der Waals surface area (Å²) in [5.74, 6) is -1.10. The third kappa shape index (κ3) is 3.72. The standard InChI is InChI=1S/C22H25NO5/c1-14-19(22(26)28-3)18(20(24)23(14)17-7-5-4-6-8-17)13-15-9-11-16(12-10-15)21(25)27-2/h9-13,17H,4-8H2,1-3H3. The SMILES string of the molecule is COC(=O)C1=C(C)N(C2CCCCC2)C(=O)C1=Cc1ccc(C(=O)OC)cc1. The van der Waals surface area contributed by atoms with Crippen molar-refractivity contribution in [3.63, 3.8) is 0 Å². The molecule has 1 aromatic rings. The van der Waals surface area contributed by atoms with E-state index in [1.54, 1.807) is 42.2 Å². The molecular weight excluding hydrogens is 358 g/mol. The Kier molecular flexibility index (Phi) is 5.97. The predicted octanol–water partition coefficient (Wildman–Crippen LogP) is 3.48. The predicted molar refractivity (Wildman–Crippen MR) is 104 cm³/mol. The van der Waals surface area contributed by atoms with Crippen LogP contribution in [0.4, 0.5) is 0 Å². The second-order valence-corrected chi connectivity index (χ2v) is 7.09. The molecule has 6 heteroatoms. The molecule has 2 aliphatic rings. The van der Waals surface area contributed by atoms with Gasteiger partial charge in [-0.1, -0.05) is 31.4 Å². The van der Waals surface area contributed by atoms with Crippen LogP contribution in [0.15, 0.2) is 41.1 Å². The van der Waals surface area contributed by atoms with Crippen molar-refractivity contribution in [2.24, 2.45) is 0 Å². The maximum atomic E-state index is 13.2. The number of allylic oxidation sites excluding steroid dienone is 1. The highest BCUT2D eigenvalue weighted by Gasteiger charge is 2.40. The molecular formula is C22H25NO5. The molecule has 0 aromatic heterocycles. The Balaban J connectivity index is 1.98. The van der Waals surface area contributed by atoms with Gasteiger partial charge in [-0.05, 0) is 43.5 Å². The quantitative estimate of drug-likeness (QED) is 0.588. The first-order valence-electron chi connectivity index (χ1n) is 9.51. The van der Waals surface area contributed by atoms with Crippen molar-refractivity contribution in [1.29, 1.82) is 0 Å². The minimum absolute atomic E-state index is 0.119. The van der Waals surface area contributed by atoms with Crippen LogP contribution < -0.4 is 0 Å². The zero-order chi connectivity index (χ0) is 20.3. The first-order valence-corrected chi connectivity index (χ1v) is 9.51. The van der Waals surface area contributed by atoms with Crippen molar-refractivity contribution in [2.75, 3.05) is 14.2 Å². The number of hydrogen-bond donors (Lipinski definition) is 0. The molecule has 0 unspecified atom stereocenters. The molecule has 1 aliphatic heterocycles. The Morgan fingerprint density at radius 2 is 1.61 bits per heavy atom. The molecule has 0 saturated heterocycles. The van der Waals surface area contributed by atoms with Gasteiger partial charge in [-0.2, -0.15) is 0 Å². The van der Waals surface area contributed by atoms with Crippen molar-refractivity contribution >= 4 is 23.9 Å². The average molecular weight is 383 g/mol. The molecule has 3 rings (SSSR count). The highest BCUT2D eigenvalue weighted by atomic mass is 16.5. The third-order valence-electron chi connectivity index (χ3n) is 5.41. The molecule has 1 fully saturated rings. The number of methoxy groups -OCH3 is 2. The molecule has 0 radical (unpaired) electrons. The molecule has 28 heavy (non-hydrogen) atoms. The number of esters is 2. The number of carbonyl (C=O) groups is 3. The van der Waals surface area contributed by atoms with Crippen LogP contribution >= 0.6 is 0 Å². The molecule has 1 aliphatic carbocycles. The fourth-order valence-corrected chi connectivity index (χ4v) is 3.98. The topological polar surface area (TPSA) is 72.9 Å². The lowest BCUT2D eigenvalue weighted by molar-refractivity contribution is -0.136. The largest absolute Gasteiger partial charge is 0.465 e. The zero-order valence-electron chi connectivity index (χ0n) is 16.5. The van der Waals surface area contributed by atoms with Gasteiger partial charge in [-0.25, -0.2) is 9.59 Å². The molecule has 1 amide bonds. The average Bonchev–Trinajstić information content (AvgIpc) is 2.97. The number of amides is 1. The Hall–Kier alpha value is -2.89. The first kappa shape index (κ1) is 19.9. The molecule has 0 atom stereocenters. The van der Waals surface area contributed by atoms with Crippen LogP contribution in [-0.2, 0) is 19.1 Å². The second kappa shape index (κ2) is 8.42. The maximum absolute atomic E-state index is 13.2. The Labute approximate surface area is 164 Å². The van der Waals surface area contributed by atoms with Gasteiger partial charge >= 0.3 is 11.9 Å². The lowest BCUT2D eigenvalue weighted by atomic mass is 9.94. The summed E-state index contributed by atoms with van der Waals surface area (Å²) in [6.45, 7) is 1.81. The van der Waals surface area contributed by atoms with E-state index in [4.69, 9.17) is 9.47 Å². The van der Waals surface area contributed by atoms with Crippen molar-refractivity contribution in [2.45, 2.75) is 45.1 Å². The number of carbonyl (C=O) groups excluding carboxylic acids is 3. The van der Waals surface area contributed by atoms with E-state index in [-0.39, 0.29) is 11.9 Å². The Morgan fingerprint density at radius 1 is 1.00 bits per heavy atom. The fourth-order valence-electron chi connectivity index (χ4n) is 3.98. The van der Waals surface area contributed by atoms with Crippen molar-refractivity contribution < 1.29 is 23.9 Å². The number of rotatable bonds is 4. The first-order chi connectivity index (χ1) is 13.5. The highest BCUT2D eigenvalue weighted by Crippen LogP contribution is 2.36. The van der Waals surface area contributed by atoms with Crippen molar-refractivity contribution in [3.8, 4) is 0 Å². The molecule has 1 saturated carbocycles. The van der Waals surface area contributed by atoms with Gasteiger partial charge in [0.15, 0.2) is 0 Å². The normalized spacial score (nSPS) is 19.3. The molecule has 6 nitrogen and oxygen atoms in total.